The van der Waals surface area contributed by atoms with E-state index in [0.29, 0.717) is 37.9 Å². The third-order valence-corrected chi connectivity index (χ3v) is 5.05. The second kappa shape index (κ2) is 7.84. The third-order valence-electron chi connectivity index (χ3n) is 5.05. The van der Waals surface area contributed by atoms with Gasteiger partial charge in [-0.1, -0.05) is 26.0 Å². The number of amides is 2. The predicted molar refractivity (Wildman–Crippen MR) is 104 cm³/mol. The van der Waals surface area contributed by atoms with Gasteiger partial charge >= 0.3 is 0 Å². The van der Waals surface area contributed by atoms with Crippen molar-refractivity contribution in [1.29, 1.82) is 0 Å². The SMILES string of the molecule is CC(C)CN=C(N)NCCCN1C(=O)C2C3C=CC(C3)C2C1=O.I. The van der Waals surface area contributed by atoms with Crippen molar-refractivity contribution < 1.29 is 9.59 Å². The number of hydrogen-bond donors (Lipinski definition) is 2. The van der Waals surface area contributed by atoms with Gasteiger partial charge < -0.3 is 11.1 Å². The summed E-state index contributed by atoms with van der Waals surface area (Å²) in [5.41, 5.74) is 5.77. The van der Waals surface area contributed by atoms with Gasteiger partial charge in [0.15, 0.2) is 5.96 Å². The minimum absolute atomic E-state index is 0. The Morgan fingerprint density at radius 2 is 1.88 bits per heavy atom. The first-order valence-corrected chi connectivity index (χ1v) is 8.56. The van der Waals surface area contributed by atoms with Crippen LogP contribution in [-0.4, -0.2) is 42.3 Å². The van der Waals surface area contributed by atoms with Crippen molar-refractivity contribution in [3.05, 3.63) is 12.2 Å². The molecule has 2 aliphatic carbocycles. The lowest BCUT2D eigenvalue weighted by Crippen LogP contribution is -2.37. The number of imide groups is 1. The number of guanidine groups is 1. The fourth-order valence-electron chi connectivity index (χ4n) is 3.97. The number of nitrogens with one attached hydrogen (secondary N) is 1. The number of halogens is 1. The zero-order valence-corrected chi connectivity index (χ0v) is 16.6. The van der Waals surface area contributed by atoms with Gasteiger partial charge in [-0.15, -0.1) is 24.0 Å². The van der Waals surface area contributed by atoms with Crippen LogP contribution in [0.2, 0.25) is 0 Å². The maximum absolute atomic E-state index is 12.5. The van der Waals surface area contributed by atoms with Crippen LogP contribution in [0.1, 0.15) is 26.7 Å². The molecule has 0 radical (unpaired) electrons. The smallest absolute Gasteiger partial charge is 0.233 e. The standard InChI is InChI=1S/C17H26N4O2.HI/c1-10(2)9-20-17(18)19-6-3-7-21-15(22)13-11-4-5-12(8-11)14(13)16(21)23;/h4-5,10-14H,3,6-9H2,1-2H3,(H3,18,19,20);1H. The summed E-state index contributed by atoms with van der Waals surface area (Å²) in [6, 6.07) is 0. The molecule has 7 heteroatoms. The highest BCUT2D eigenvalue weighted by Gasteiger charge is 2.58. The highest BCUT2D eigenvalue weighted by molar-refractivity contribution is 14.0. The maximum atomic E-state index is 12.5. The molecule has 0 aromatic carbocycles. The van der Waals surface area contributed by atoms with Crippen LogP contribution in [0.15, 0.2) is 17.1 Å². The minimum Gasteiger partial charge on any atom is -0.370 e. The van der Waals surface area contributed by atoms with Crippen LogP contribution in [0.4, 0.5) is 0 Å². The van der Waals surface area contributed by atoms with Gasteiger partial charge in [-0.3, -0.25) is 19.5 Å². The second-order valence-electron chi connectivity index (χ2n) is 7.23. The number of likely N-dealkylation sites (tertiary alicyclic amines) is 1. The molecule has 3 N–H and O–H groups in total. The molecule has 1 aliphatic heterocycles. The van der Waals surface area contributed by atoms with Crippen LogP contribution >= 0.6 is 24.0 Å². The summed E-state index contributed by atoms with van der Waals surface area (Å²) in [5.74, 6) is 1.32. The number of nitrogens with zero attached hydrogens (tertiary/aromatic N) is 2. The number of hydrogen-bond acceptors (Lipinski definition) is 3. The topological polar surface area (TPSA) is 87.8 Å². The monoisotopic (exact) mass is 446 g/mol. The van der Waals surface area contributed by atoms with E-state index in [1.165, 1.54) is 4.90 Å². The molecule has 4 atom stereocenters. The molecule has 3 rings (SSSR count). The molecule has 0 aromatic heterocycles. The molecule has 0 aromatic rings. The molecule has 1 saturated carbocycles. The summed E-state index contributed by atoms with van der Waals surface area (Å²) < 4.78 is 0. The normalized spacial score (nSPS) is 31.0. The average molecular weight is 446 g/mol. The van der Waals surface area contributed by atoms with Crippen molar-refractivity contribution in [3.63, 3.8) is 0 Å². The molecule has 1 heterocycles. The Hall–Kier alpha value is -1.12. The lowest BCUT2D eigenvalue weighted by atomic mass is 9.85. The number of allylic oxidation sites excluding steroid dienone is 2. The minimum atomic E-state index is -0.0943. The van der Waals surface area contributed by atoms with Gasteiger partial charge in [-0.2, -0.15) is 0 Å². The third kappa shape index (κ3) is 3.60. The van der Waals surface area contributed by atoms with E-state index in [1.54, 1.807) is 0 Å². The predicted octanol–water partition coefficient (Wildman–Crippen LogP) is 1.36. The molecule has 0 spiro atoms. The number of fused-ring (bicyclic) bond motifs is 5. The van der Waals surface area contributed by atoms with Gasteiger partial charge in [0.1, 0.15) is 0 Å². The van der Waals surface area contributed by atoms with E-state index in [0.717, 1.165) is 6.42 Å². The van der Waals surface area contributed by atoms with Crippen LogP contribution in [-0.2, 0) is 9.59 Å². The maximum Gasteiger partial charge on any atom is 0.233 e. The van der Waals surface area contributed by atoms with E-state index in [-0.39, 0.29) is 59.5 Å². The highest BCUT2D eigenvalue weighted by Crippen LogP contribution is 2.52. The zero-order valence-electron chi connectivity index (χ0n) is 14.3. The Labute approximate surface area is 160 Å². The largest absolute Gasteiger partial charge is 0.370 e. The molecule has 3 aliphatic rings. The lowest BCUT2D eigenvalue weighted by molar-refractivity contribution is -0.140. The average Bonchev–Trinajstić information content (AvgIpc) is 3.17. The molecule has 2 fully saturated rings. The lowest BCUT2D eigenvalue weighted by Gasteiger charge is -2.17. The summed E-state index contributed by atoms with van der Waals surface area (Å²) in [4.78, 5) is 30.7. The molecule has 4 unspecified atom stereocenters. The van der Waals surface area contributed by atoms with Crippen LogP contribution < -0.4 is 11.1 Å². The summed E-state index contributed by atoms with van der Waals surface area (Å²) in [7, 11) is 0. The Kier molecular flexibility index (Phi) is 6.28. The van der Waals surface area contributed by atoms with Crippen molar-refractivity contribution in [2.24, 2.45) is 40.3 Å². The van der Waals surface area contributed by atoms with E-state index < -0.39 is 0 Å². The van der Waals surface area contributed by atoms with Crippen molar-refractivity contribution in [3.8, 4) is 0 Å². The van der Waals surface area contributed by atoms with E-state index in [2.05, 4.69) is 36.3 Å². The summed E-state index contributed by atoms with van der Waals surface area (Å²) in [6.45, 7) is 5.95. The van der Waals surface area contributed by atoms with Crippen molar-refractivity contribution in [1.82, 2.24) is 10.2 Å². The van der Waals surface area contributed by atoms with Gasteiger partial charge in [0.25, 0.3) is 0 Å². The zero-order chi connectivity index (χ0) is 16.6. The van der Waals surface area contributed by atoms with Gasteiger partial charge in [-0.25, -0.2) is 0 Å². The van der Waals surface area contributed by atoms with Gasteiger partial charge in [0, 0.05) is 19.6 Å². The van der Waals surface area contributed by atoms with E-state index in [9.17, 15) is 9.59 Å². The number of carbonyl (C=O) groups is 2. The molecule has 24 heavy (non-hydrogen) atoms. The van der Waals surface area contributed by atoms with E-state index in [4.69, 9.17) is 5.73 Å². The van der Waals surface area contributed by atoms with E-state index >= 15 is 0 Å². The first-order valence-electron chi connectivity index (χ1n) is 8.56. The number of carbonyl (C=O) groups excluding carboxylic acids is 2. The Morgan fingerprint density at radius 3 is 2.42 bits per heavy atom. The van der Waals surface area contributed by atoms with Crippen molar-refractivity contribution >= 4 is 41.8 Å². The fraction of sp³-hybridized carbons (Fsp3) is 0.706. The molecular weight excluding hydrogens is 419 g/mol. The number of nitrogens with two attached hydrogens (primary N) is 1. The molecule has 134 valence electrons. The van der Waals surface area contributed by atoms with Crippen LogP contribution in [0.5, 0.6) is 0 Å². The van der Waals surface area contributed by atoms with Gasteiger partial charge in [-0.05, 0) is 30.6 Å². The number of rotatable bonds is 6. The Morgan fingerprint density at radius 1 is 1.29 bits per heavy atom. The summed E-state index contributed by atoms with van der Waals surface area (Å²) in [6.07, 6.45) is 5.91. The van der Waals surface area contributed by atoms with E-state index in [1.807, 2.05) is 0 Å². The second-order valence-corrected chi connectivity index (χ2v) is 7.23. The molecule has 2 amide bonds. The molecular formula is C17H27IN4O2. The summed E-state index contributed by atoms with van der Waals surface area (Å²) >= 11 is 0. The number of aliphatic imine (C=N–C) groups is 1. The van der Waals surface area contributed by atoms with Crippen LogP contribution in [0, 0.1) is 29.6 Å². The van der Waals surface area contributed by atoms with Crippen molar-refractivity contribution in [2.75, 3.05) is 19.6 Å². The Bertz CT molecular complexity index is 531. The Balaban J connectivity index is 0.00000208. The highest BCUT2D eigenvalue weighted by atomic mass is 127. The van der Waals surface area contributed by atoms with Crippen LogP contribution in [0.25, 0.3) is 0 Å². The molecule has 1 saturated heterocycles. The molecule has 6 nitrogen and oxygen atoms in total. The van der Waals surface area contributed by atoms with Crippen LogP contribution in [0.3, 0.4) is 0 Å². The van der Waals surface area contributed by atoms with Crippen molar-refractivity contribution in [2.45, 2.75) is 26.7 Å². The quantitative estimate of drug-likeness (QED) is 0.161. The fourth-order valence-corrected chi connectivity index (χ4v) is 3.97. The first kappa shape index (κ1) is 19.2. The first-order chi connectivity index (χ1) is 11.0. The van der Waals surface area contributed by atoms with Gasteiger partial charge in [0.2, 0.25) is 11.8 Å². The van der Waals surface area contributed by atoms with Gasteiger partial charge in [0.05, 0.1) is 11.8 Å². The molecule has 2 bridgehead atoms. The summed E-state index contributed by atoms with van der Waals surface area (Å²) in [5, 5.41) is 3.04.